The second kappa shape index (κ2) is 4.13. The van der Waals surface area contributed by atoms with Gasteiger partial charge in [0.1, 0.15) is 0 Å². The highest BCUT2D eigenvalue weighted by Crippen LogP contribution is 2.81. The summed E-state index contributed by atoms with van der Waals surface area (Å²) in [4.78, 5) is 5.20. The standard InChI is InChI=1S/C21H25N/c1-14(7-16-6-4-3-5-15(16)2)12-22-21-11-18-8-17-9-19(21)10-20(17,18)13-21/h3-7,12,17-19H,8-11,13H2,1-2H3/b14-7+,22-12+. The van der Waals surface area contributed by atoms with E-state index in [9.17, 15) is 0 Å². The van der Waals surface area contributed by atoms with Crippen LogP contribution < -0.4 is 0 Å². The molecule has 22 heavy (non-hydrogen) atoms. The Hall–Kier alpha value is -1.37. The maximum Gasteiger partial charge on any atom is 0.0644 e. The summed E-state index contributed by atoms with van der Waals surface area (Å²) in [6, 6.07) is 8.60. The maximum atomic E-state index is 5.20. The highest BCUT2D eigenvalue weighted by Gasteiger charge is 2.76. The lowest BCUT2D eigenvalue weighted by molar-refractivity contribution is 0.00426. The number of rotatable bonds is 3. The van der Waals surface area contributed by atoms with Crippen molar-refractivity contribution in [3.05, 3.63) is 41.0 Å². The predicted octanol–water partition coefficient (Wildman–Crippen LogP) is 5.05. The Labute approximate surface area is 133 Å². The first-order chi connectivity index (χ1) is 10.6. The van der Waals surface area contributed by atoms with Gasteiger partial charge in [-0.15, -0.1) is 0 Å². The molecule has 0 amide bonds. The molecule has 0 N–H and O–H groups in total. The molecular formula is C21H25N. The summed E-state index contributed by atoms with van der Waals surface area (Å²) in [5.41, 5.74) is 5.05. The Bertz CT molecular complexity index is 700. The van der Waals surface area contributed by atoms with Gasteiger partial charge in [-0.05, 0) is 85.8 Å². The van der Waals surface area contributed by atoms with Gasteiger partial charge in [0.25, 0.3) is 0 Å². The third kappa shape index (κ3) is 1.52. The van der Waals surface area contributed by atoms with Crippen LogP contribution in [0, 0.1) is 30.1 Å². The normalized spacial score (nSPS) is 44.8. The molecule has 0 saturated heterocycles. The van der Waals surface area contributed by atoms with Crippen molar-refractivity contribution in [1.82, 2.24) is 0 Å². The summed E-state index contributed by atoms with van der Waals surface area (Å²) in [7, 11) is 0. The highest BCUT2D eigenvalue weighted by molar-refractivity contribution is 5.85. The van der Waals surface area contributed by atoms with E-state index >= 15 is 0 Å². The van der Waals surface area contributed by atoms with Gasteiger partial charge in [-0.3, -0.25) is 4.99 Å². The molecule has 0 heterocycles. The van der Waals surface area contributed by atoms with Gasteiger partial charge in [0.2, 0.25) is 0 Å². The molecule has 4 aliphatic carbocycles. The molecule has 4 fully saturated rings. The van der Waals surface area contributed by atoms with Crippen LogP contribution >= 0.6 is 0 Å². The monoisotopic (exact) mass is 291 g/mol. The predicted molar refractivity (Wildman–Crippen MR) is 92.0 cm³/mol. The van der Waals surface area contributed by atoms with E-state index in [1.54, 1.807) is 0 Å². The lowest BCUT2D eigenvalue weighted by Crippen LogP contribution is -2.41. The van der Waals surface area contributed by atoms with Gasteiger partial charge < -0.3 is 0 Å². The smallest absolute Gasteiger partial charge is 0.0644 e. The molecule has 0 aromatic heterocycles. The highest BCUT2D eigenvalue weighted by atomic mass is 15.0. The largest absolute Gasteiger partial charge is 0.286 e. The van der Waals surface area contributed by atoms with Crippen molar-refractivity contribution in [2.75, 3.05) is 0 Å². The second-order valence-electron chi connectivity index (χ2n) is 8.49. The van der Waals surface area contributed by atoms with Gasteiger partial charge in [-0.2, -0.15) is 0 Å². The summed E-state index contributed by atoms with van der Waals surface area (Å²) >= 11 is 0. The summed E-state index contributed by atoms with van der Waals surface area (Å²) in [5.74, 6) is 3.00. The molecule has 4 aliphatic rings. The molecule has 114 valence electrons. The fourth-order valence-corrected chi connectivity index (χ4v) is 6.44. The number of aryl methyl sites for hydroxylation is 1. The van der Waals surface area contributed by atoms with Gasteiger partial charge >= 0.3 is 0 Å². The number of allylic oxidation sites excluding steroid dienone is 1. The van der Waals surface area contributed by atoms with Gasteiger partial charge in [-0.1, -0.05) is 30.3 Å². The number of hydrogen-bond acceptors (Lipinski definition) is 1. The third-order valence-corrected chi connectivity index (χ3v) is 7.48. The molecule has 1 heteroatoms. The molecule has 3 bridgehead atoms. The van der Waals surface area contributed by atoms with Crippen molar-refractivity contribution in [3.8, 4) is 0 Å². The Balaban J connectivity index is 1.40. The summed E-state index contributed by atoms with van der Waals surface area (Å²) in [6.07, 6.45) is 11.8. The minimum Gasteiger partial charge on any atom is -0.286 e. The average molecular weight is 291 g/mol. The van der Waals surface area contributed by atoms with E-state index in [-0.39, 0.29) is 0 Å². The Morgan fingerprint density at radius 1 is 1.14 bits per heavy atom. The second-order valence-corrected chi connectivity index (χ2v) is 8.49. The fourth-order valence-electron chi connectivity index (χ4n) is 6.44. The minimum absolute atomic E-state index is 0.332. The van der Waals surface area contributed by atoms with Crippen LogP contribution in [0.15, 0.2) is 34.8 Å². The van der Waals surface area contributed by atoms with E-state index in [2.05, 4.69) is 50.4 Å². The SMILES string of the molecule is CC(/C=N/C12CC3CC4CC1CC43C2)=C\c1ccccc1C. The van der Waals surface area contributed by atoms with Crippen molar-refractivity contribution < 1.29 is 0 Å². The van der Waals surface area contributed by atoms with Crippen LogP contribution in [0.3, 0.4) is 0 Å². The number of benzene rings is 1. The molecule has 5 rings (SSSR count). The minimum atomic E-state index is 0.332. The molecule has 1 spiro atoms. The Morgan fingerprint density at radius 3 is 2.77 bits per heavy atom. The summed E-state index contributed by atoms with van der Waals surface area (Å²) in [6.45, 7) is 4.38. The molecule has 5 unspecified atom stereocenters. The first kappa shape index (κ1) is 13.1. The van der Waals surface area contributed by atoms with Crippen molar-refractivity contribution in [3.63, 3.8) is 0 Å². The van der Waals surface area contributed by atoms with Crippen molar-refractivity contribution >= 4 is 12.3 Å². The van der Waals surface area contributed by atoms with Gasteiger partial charge in [-0.25, -0.2) is 0 Å². The van der Waals surface area contributed by atoms with Gasteiger partial charge in [0, 0.05) is 6.21 Å². The number of aliphatic imine (C=N–C) groups is 1. The van der Waals surface area contributed by atoms with Crippen LogP contribution in [0.4, 0.5) is 0 Å². The zero-order valence-corrected chi connectivity index (χ0v) is 13.7. The van der Waals surface area contributed by atoms with Crippen LogP contribution in [0.25, 0.3) is 6.08 Å². The van der Waals surface area contributed by atoms with E-state index in [4.69, 9.17) is 4.99 Å². The first-order valence-electron chi connectivity index (χ1n) is 8.90. The fraction of sp³-hybridized carbons (Fsp3) is 0.571. The van der Waals surface area contributed by atoms with Crippen LogP contribution in [0.5, 0.6) is 0 Å². The zero-order chi connectivity index (χ0) is 14.9. The first-order valence-corrected chi connectivity index (χ1v) is 8.90. The van der Waals surface area contributed by atoms with Crippen LogP contribution in [-0.2, 0) is 0 Å². The molecule has 1 aromatic rings. The lowest BCUT2D eigenvalue weighted by Gasteiger charge is -2.48. The van der Waals surface area contributed by atoms with Crippen LogP contribution in [-0.4, -0.2) is 11.8 Å². The van der Waals surface area contributed by atoms with E-state index in [0.29, 0.717) is 5.54 Å². The quantitative estimate of drug-likeness (QED) is 0.691. The van der Waals surface area contributed by atoms with Crippen LogP contribution in [0.1, 0.15) is 50.2 Å². The molecule has 0 radical (unpaired) electrons. The zero-order valence-electron chi connectivity index (χ0n) is 13.7. The number of fused-ring (bicyclic) bond motifs is 3. The van der Waals surface area contributed by atoms with Gasteiger partial charge in [0.05, 0.1) is 5.54 Å². The topological polar surface area (TPSA) is 12.4 Å². The number of hydrogen-bond donors (Lipinski definition) is 0. The number of nitrogens with zero attached hydrogens (tertiary/aromatic N) is 1. The average Bonchev–Trinajstić information content (AvgIpc) is 3.00. The van der Waals surface area contributed by atoms with E-state index in [1.807, 2.05) is 0 Å². The Kier molecular flexibility index (Phi) is 2.46. The molecule has 1 nitrogen and oxygen atoms in total. The molecule has 0 aliphatic heterocycles. The maximum absolute atomic E-state index is 5.20. The summed E-state index contributed by atoms with van der Waals surface area (Å²) in [5, 5.41) is 0. The molecular weight excluding hydrogens is 266 g/mol. The van der Waals surface area contributed by atoms with E-state index in [0.717, 1.165) is 23.2 Å². The van der Waals surface area contributed by atoms with E-state index < -0.39 is 0 Å². The van der Waals surface area contributed by atoms with Crippen molar-refractivity contribution in [2.24, 2.45) is 28.2 Å². The summed E-state index contributed by atoms with van der Waals surface area (Å²) < 4.78 is 0. The van der Waals surface area contributed by atoms with Crippen molar-refractivity contribution in [1.29, 1.82) is 0 Å². The van der Waals surface area contributed by atoms with Gasteiger partial charge in [0.15, 0.2) is 0 Å². The van der Waals surface area contributed by atoms with Crippen LogP contribution in [0.2, 0.25) is 0 Å². The van der Waals surface area contributed by atoms with E-state index in [1.165, 1.54) is 48.8 Å². The molecule has 5 atom stereocenters. The molecule has 1 aromatic carbocycles. The third-order valence-electron chi connectivity index (χ3n) is 7.48. The lowest BCUT2D eigenvalue weighted by atomic mass is 9.56. The van der Waals surface area contributed by atoms with Crippen molar-refractivity contribution in [2.45, 2.75) is 51.5 Å². The molecule has 4 saturated carbocycles. The Morgan fingerprint density at radius 2 is 1.95 bits per heavy atom.